The Hall–Kier alpha value is -0.570. The summed E-state index contributed by atoms with van der Waals surface area (Å²) in [5, 5.41) is 3.15. The van der Waals surface area contributed by atoms with E-state index in [0.29, 0.717) is 18.4 Å². The van der Waals surface area contributed by atoms with E-state index in [-0.39, 0.29) is 17.4 Å². The molecular weight excluding hydrogens is 200 g/mol. The van der Waals surface area contributed by atoms with E-state index < -0.39 is 0 Å². The van der Waals surface area contributed by atoms with Gasteiger partial charge in [-0.3, -0.25) is 4.79 Å². The summed E-state index contributed by atoms with van der Waals surface area (Å²) in [7, 11) is 0. The number of carbonyl (C=O) groups excluding carboxylic acids is 1. The van der Waals surface area contributed by atoms with Crippen LogP contribution in [-0.2, 0) is 4.79 Å². The molecule has 94 valence electrons. The zero-order chi connectivity index (χ0) is 12.3. The highest BCUT2D eigenvalue weighted by Crippen LogP contribution is 2.32. The van der Waals surface area contributed by atoms with Crippen LogP contribution >= 0.6 is 0 Å². The molecule has 1 aliphatic carbocycles. The van der Waals surface area contributed by atoms with Crippen molar-refractivity contribution in [1.29, 1.82) is 0 Å². The van der Waals surface area contributed by atoms with Gasteiger partial charge in [-0.15, -0.1) is 0 Å². The second-order valence-corrected chi connectivity index (χ2v) is 5.78. The molecule has 1 fully saturated rings. The molecule has 3 unspecified atom stereocenters. The SMILES string of the molecule is CC1CCCC1C(=O)NC(C)(CN)C(C)C. The Kier molecular flexibility index (Phi) is 4.36. The molecule has 0 heterocycles. The zero-order valence-electron chi connectivity index (χ0n) is 11.0. The summed E-state index contributed by atoms with van der Waals surface area (Å²) >= 11 is 0. The highest BCUT2D eigenvalue weighted by atomic mass is 16.2. The van der Waals surface area contributed by atoms with Gasteiger partial charge in [0.15, 0.2) is 0 Å². The smallest absolute Gasteiger partial charge is 0.223 e. The van der Waals surface area contributed by atoms with Crippen molar-refractivity contribution in [3.63, 3.8) is 0 Å². The fourth-order valence-corrected chi connectivity index (χ4v) is 2.34. The maximum absolute atomic E-state index is 12.2. The zero-order valence-corrected chi connectivity index (χ0v) is 11.0. The number of nitrogens with two attached hydrogens (primary N) is 1. The minimum atomic E-state index is -0.264. The van der Waals surface area contributed by atoms with Crippen LogP contribution in [-0.4, -0.2) is 18.0 Å². The first kappa shape index (κ1) is 13.5. The van der Waals surface area contributed by atoms with E-state index in [2.05, 4.69) is 26.1 Å². The van der Waals surface area contributed by atoms with Crippen LogP contribution in [0.2, 0.25) is 0 Å². The van der Waals surface area contributed by atoms with Crippen molar-refractivity contribution < 1.29 is 4.79 Å². The van der Waals surface area contributed by atoms with Gasteiger partial charge in [0.2, 0.25) is 5.91 Å². The van der Waals surface area contributed by atoms with Crippen molar-refractivity contribution in [2.75, 3.05) is 6.54 Å². The van der Waals surface area contributed by atoms with E-state index in [4.69, 9.17) is 5.73 Å². The van der Waals surface area contributed by atoms with Gasteiger partial charge >= 0.3 is 0 Å². The minimum absolute atomic E-state index is 0.199. The molecule has 0 bridgehead atoms. The minimum Gasteiger partial charge on any atom is -0.349 e. The lowest BCUT2D eigenvalue weighted by Gasteiger charge is -2.35. The van der Waals surface area contributed by atoms with Crippen molar-refractivity contribution in [2.45, 2.75) is 52.5 Å². The van der Waals surface area contributed by atoms with Gasteiger partial charge in [0.25, 0.3) is 0 Å². The fourth-order valence-electron chi connectivity index (χ4n) is 2.34. The van der Waals surface area contributed by atoms with E-state index in [1.807, 2.05) is 6.92 Å². The van der Waals surface area contributed by atoms with Crippen LogP contribution in [0.15, 0.2) is 0 Å². The van der Waals surface area contributed by atoms with Gasteiger partial charge in [-0.05, 0) is 31.6 Å². The maximum Gasteiger partial charge on any atom is 0.223 e. The highest BCUT2D eigenvalue weighted by Gasteiger charge is 2.35. The predicted molar refractivity (Wildman–Crippen MR) is 66.9 cm³/mol. The van der Waals surface area contributed by atoms with Crippen molar-refractivity contribution in [3.8, 4) is 0 Å². The van der Waals surface area contributed by atoms with Crippen LogP contribution in [0.4, 0.5) is 0 Å². The van der Waals surface area contributed by atoms with E-state index in [1.165, 1.54) is 12.8 Å². The lowest BCUT2D eigenvalue weighted by molar-refractivity contribution is -0.128. The van der Waals surface area contributed by atoms with Gasteiger partial charge in [-0.1, -0.05) is 27.2 Å². The number of hydrogen-bond donors (Lipinski definition) is 2. The summed E-state index contributed by atoms with van der Waals surface area (Å²) in [5.74, 6) is 1.28. The molecule has 3 heteroatoms. The Balaban J connectivity index is 2.62. The van der Waals surface area contributed by atoms with Gasteiger partial charge in [0.05, 0.1) is 5.54 Å². The summed E-state index contributed by atoms with van der Waals surface area (Å²) in [5.41, 5.74) is 5.51. The molecule has 0 aliphatic heterocycles. The molecule has 0 aromatic rings. The molecule has 0 aromatic heterocycles. The quantitative estimate of drug-likeness (QED) is 0.769. The first-order valence-corrected chi connectivity index (χ1v) is 6.43. The molecule has 1 rings (SSSR count). The summed E-state index contributed by atoms with van der Waals surface area (Å²) in [6.07, 6.45) is 3.39. The van der Waals surface area contributed by atoms with Crippen LogP contribution in [0.1, 0.15) is 47.0 Å². The first-order chi connectivity index (χ1) is 7.40. The molecule has 3 atom stereocenters. The standard InChI is InChI=1S/C13H26N2O/c1-9(2)13(4,8-14)15-12(16)11-7-5-6-10(11)3/h9-11H,5-8,14H2,1-4H3,(H,15,16). The Morgan fingerprint density at radius 2 is 2.12 bits per heavy atom. The maximum atomic E-state index is 12.2. The first-order valence-electron chi connectivity index (χ1n) is 6.43. The van der Waals surface area contributed by atoms with Gasteiger partial charge < -0.3 is 11.1 Å². The highest BCUT2D eigenvalue weighted by molar-refractivity contribution is 5.80. The Morgan fingerprint density at radius 3 is 2.50 bits per heavy atom. The molecule has 3 nitrogen and oxygen atoms in total. The number of amides is 1. The molecule has 1 saturated carbocycles. The third-order valence-corrected chi connectivity index (χ3v) is 4.31. The van der Waals surface area contributed by atoms with Crippen LogP contribution in [0.3, 0.4) is 0 Å². The van der Waals surface area contributed by atoms with Gasteiger partial charge in [-0.25, -0.2) is 0 Å². The summed E-state index contributed by atoms with van der Waals surface area (Å²) < 4.78 is 0. The van der Waals surface area contributed by atoms with Crippen LogP contribution in [0, 0.1) is 17.8 Å². The van der Waals surface area contributed by atoms with Crippen LogP contribution < -0.4 is 11.1 Å². The van der Waals surface area contributed by atoms with Gasteiger partial charge in [0.1, 0.15) is 0 Å². The third kappa shape index (κ3) is 2.76. The van der Waals surface area contributed by atoms with E-state index in [0.717, 1.165) is 6.42 Å². The lowest BCUT2D eigenvalue weighted by Crippen LogP contribution is -2.56. The number of hydrogen-bond acceptors (Lipinski definition) is 2. The molecule has 0 radical (unpaired) electrons. The monoisotopic (exact) mass is 226 g/mol. The molecule has 0 spiro atoms. The molecule has 3 N–H and O–H groups in total. The van der Waals surface area contributed by atoms with Gasteiger partial charge in [-0.2, -0.15) is 0 Å². The normalized spacial score (nSPS) is 29.1. The van der Waals surface area contributed by atoms with Crippen LogP contribution in [0.5, 0.6) is 0 Å². The average molecular weight is 226 g/mol. The molecule has 16 heavy (non-hydrogen) atoms. The van der Waals surface area contributed by atoms with Gasteiger partial charge in [0, 0.05) is 12.5 Å². The Labute approximate surface area is 99.2 Å². The molecular formula is C13H26N2O. The topological polar surface area (TPSA) is 55.1 Å². The summed E-state index contributed by atoms with van der Waals surface area (Å²) in [4.78, 5) is 12.2. The number of carbonyl (C=O) groups is 1. The average Bonchev–Trinajstić information content (AvgIpc) is 2.64. The summed E-state index contributed by atoms with van der Waals surface area (Å²) in [6.45, 7) is 8.91. The lowest BCUT2D eigenvalue weighted by atomic mass is 9.87. The van der Waals surface area contributed by atoms with Crippen molar-refractivity contribution in [1.82, 2.24) is 5.32 Å². The Bertz CT molecular complexity index is 252. The van der Waals surface area contributed by atoms with Crippen molar-refractivity contribution >= 4 is 5.91 Å². The van der Waals surface area contributed by atoms with E-state index >= 15 is 0 Å². The van der Waals surface area contributed by atoms with E-state index in [1.54, 1.807) is 0 Å². The Morgan fingerprint density at radius 1 is 1.50 bits per heavy atom. The number of rotatable bonds is 4. The summed E-state index contributed by atoms with van der Waals surface area (Å²) in [6, 6.07) is 0. The van der Waals surface area contributed by atoms with Crippen molar-refractivity contribution in [2.24, 2.45) is 23.5 Å². The molecule has 0 saturated heterocycles. The van der Waals surface area contributed by atoms with E-state index in [9.17, 15) is 4.79 Å². The molecule has 1 amide bonds. The second kappa shape index (κ2) is 5.17. The number of nitrogens with one attached hydrogen (secondary N) is 1. The molecule has 0 aromatic carbocycles. The fraction of sp³-hybridized carbons (Fsp3) is 0.923. The largest absolute Gasteiger partial charge is 0.349 e. The molecule has 1 aliphatic rings. The second-order valence-electron chi connectivity index (χ2n) is 5.78. The van der Waals surface area contributed by atoms with Crippen LogP contribution in [0.25, 0.3) is 0 Å². The third-order valence-electron chi connectivity index (χ3n) is 4.31. The van der Waals surface area contributed by atoms with Crippen molar-refractivity contribution in [3.05, 3.63) is 0 Å². The predicted octanol–water partition coefficient (Wildman–Crippen LogP) is 1.91.